The largest absolute Gasteiger partial charge is 0.341 e. The zero-order chi connectivity index (χ0) is 21.8. The third-order valence-electron chi connectivity index (χ3n) is 5.57. The van der Waals surface area contributed by atoms with Crippen molar-refractivity contribution in [1.29, 1.82) is 5.26 Å². The van der Waals surface area contributed by atoms with Gasteiger partial charge < -0.3 is 5.32 Å². The van der Waals surface area contributed by atoms with Gasteiger partial charge in [-0.3, -0.25) is 14.6 Å². The van der Waals surface area contributed by atoms with Gasteiger partial charge in [0.05, 0.1) is 28.4 Å². The van der Waals surface area contributed by atoms with Crippen molar-refractivity contribution in [3.63, 3.8) is 0 Å². The second kappa shape index (κ2) is 8.66. The number of Topliss-reactive ketones (excluding diaryl/α,β-unsaturated/α-hetero) is 1. The van der Waals surface area contributed by atoms with Crippen LogP contribution in [0.3, 0.4) is 0 Å². The monoisotopic (exact) mass is 430 g/mol. The van der Waals surface area contributed by atoms with E-state index in [4.69, 9.17) is 16.9 Å². The first kappa shape index (κ1) is 20.7. The molecule has 1 aromatic carbocycles. The van der Waals surface area contributed by atoms with Crippen molar-refractivity contribution < 1.29 is 9.59 Å². The molecule has 0 saturated heterocycles. The molecule has 0 unspecified atom stereocenters. The van der Waals surface area contributed by atoms with Crippen LogP contribution in [0.5, 0.6) is 0 Å². The van der Waals surface area contributed by atoms with Crippen molar-refractivity contribution in [2.24, 2.45) is 0 Å². The molecule has 6 nitrogen and oxygen atoms in total. The van der Waals surface area contributed by atoms with E-state index in [1.165, 1.54) is 6.20 Å². The minimum Gasteiger partial charge on any atom is -0.341 e. The van der Waals surface area contributed by atoms with E-state index in [-0.39, 0.29) is 18.1 Å². The van der Waals surface area contributed by atoms with Gasteiger partial charge in [0, 0.05) is 24.4 Å². The molecule has 4 rings (SSSR count). The van der Waals surface area contributed by atoms with Gasteiger partial charge in [0.1, 0.15) is 5.15 Å². The maximum Gasteiger partial charge on any atom is 0.253 e. The average molecular weight is 431 g/mol. The maximum absolute atomic E-state index is 12.7. The highest BCUT2D eigenvalue weighted by molar-refractivity contribution is 6.29. The third kappa shape index (κ3) is 4.47. The molecule has 2 heterocycles. The van der Waals surface area contributed by atoms with Crippen molar-refractivity contribution in [3.05, 3.63) is 94.0 Å². The number of halogens is 1. The highest BCUT2D eigenvalue weighted by Crippen LogP contribution is 2.40. The second-order valence-corrected chi connectivity index (χ2v) is 7.99. The summed E-state index contributed by atoms with van der Waals surface area (Å²) < 4.78 is 0. The van der Waals surface area contributed by atoms with Crippen LogP contribution in [0.2, 0.25) is 5.15 Å². The number of benzene rings is 1. The fourth-order valence-corrected chi connectivity index (χ4v) is 3.72. The fourth-order valence-electron chi connectivity index (χ4n) is 3.61. The first-order valence-corrected chi connectivity index (χ1v) is 10.3. The molecule has 0 bridgehead atoms. The lowest BCUT2D eigenvalue weighted by atomic mass is 9.73. The molecule has 1 saturated carbocycles. The minimum atomic E-state index is -0.508. The molecule has 1 N–H and O–H groups in total. The first-order chi connectivity index (χ1) is 15.0. The van der Waals surface area contributed by atoms with E-state index in [9.17, 15) is 9.59 Å². The van der Waals surface area contributed by atoms with E-state index in [0.717, 1.165) is 30.5 Å². The summed E-state index contributed by atoms with van der Waals surface area (Å²) in [5.41, 5.74) is 2.59. The minimum absolute atomic E-state index is 0.0408. The van der Waals surface area contributed by atoms with Gasteiger partial charge in [-0.2, -0.15) is 5.26 Å². The van der Waals surface area contributed by atoms with E-state index < -0.39 is 5.54 Å². The summed E-state index contributed by atoms with van der Waals surface area (Å²) in [5, 5.41) is 12.3. The van der Waals surface area contributed by atoms with E-state index in [2.05, 4.69) is 15.3 Å². The van der Waals surface area contributed by atoms with Crippen molar-refractivity contribution in [3.8, 4) is 6.07 Å². The zero-order valence-corrected chi connectivity index (χ0v) is 17.4. The number of ketones is 1. The molecule has 0 spiro atoms. The van der Waals surface area contributed by atoms with Crippen molar-refractivity contribution >= 4 is 23.3 Å². The second-order valence-electron chi connectivity index (χ2n) is 7.60. The van der Waals surface area contributed by atoms with Gasteiger partial charge in [0.15, 0.2) is 5.78 Å². The molecule has 0 atom stereocenters. The summed E-state index contributed by atoms with van der Waals surface area (Å²) in [7, 11) is 0. The molecule has 154 valence electrons. The standard InChI is InChI=1S/C24H19ClN4O2/c25-22-9-7-19(15-28-22)23(31)29-24(10-1-11-24)21-8-4-17(14-27-21)12-20(30)18-5-2-16(13-26)3-6-18/h2-9,14-15H,1,10-12H2,(H,29,31). The van der Waals surface area contributed by atoms with Gasteiger partial charge in [-0.1, -0.05) is 29.8 Å². The van der Waals surface area contributed by atoms with Crippen LogP contribution in [0.1, 0.15) is 56.8 Å². The molecule has 1 amide bonds. The Morgan fingerprint density at radius 2 is 1.74 bits per heavy atom. The molecular formula is C24H19ClN4O2. The summed E-state index contributed by atoms with van der Waals surface area (Å²) in [4.78, 5) is 33.7. The number of pyridine rings is 2. The van der Waals surface area contributed by atoms with E-state index >= 15 is 0 Å². The Morgan fingerprint density at radius 1 is 1.00 bits per heavy atom. The van der Waals surface area contributed by atoms with Gasteiger partial charge in [0.2, 0.25) is 0 Å². The van der Waals surface area contributed by atoms with Crippen LogP contribution in [0.25, 0.3) is 0 Å². The molecule has 2 aromatic heterocycles. The Bertz CT molecular complexity index is 1150. The van der Waals surface area contributed by atoms with Gasteiger partial charge in [-0.05, 0) is 55.2 Å². The van der Waals surface area contributed by atoms with Crippen LogP contribution < -0.4 is 5.32 Å². The average Bonchev–Trinajstić information content (AvgIpc) is 2.77. The zero-order valence-electron chi connectivity index (χ0n) is 16.6. The van der Waals surface area contributed by atoms with Gasteiger partial charge in [-0.15, -0.1) is 0 Å². The quantitative estimate of drug-likeness (QED) is 0.466. The van der Waals surface area contributed by atoms with Crippen LogP contribution in [-0.2, 0) is 12.0 Å². The molecular weight excluding hydrogens is 412 g/mol. The fraction of sp³-hybridized carbons (Fsp3) is 0.208. The van der Waals surface area contributed by atoms with Crippen LogP contribution >= 0.6 is 11.6 Å². The Balaban J connectivity index is 1.45. The van der Waals surface area contributed by atoms with Crippen LogP contribution in [0.15, 0.2) is 60.9 Å². The number of hydrogen-bond acceptors (Lipinski definition) is 5. The number of rotatable bonds is 6. The number of nitrogens with zero attached hydrogens (tertiary/aromatic N) is 3. The van der Waals surface area contributed by atoms with Crippen LogP contribution in [0, 0.1) is 11.3 Å². The van der Waals surface area contributed by atoms with Gasteiger partial charge in [0.25, 0.3) is 5.91 Å². The lowest BCUT2D eigenvalue weighted by Gasteiger charge is -2.42. The number of nitriles is 1. The highest BCUT2D eigenvalue weighted by Gasteiger charge is 2.41. The van der Waals surface area contributed by atoms with Crippen molar-refractivity contribution in [2.45, 2.75) is 31.2 Å². The summed E-state index contributed by atoms with van der Waals surface area (Å²) in [5.74, 6) is -0.258. The van der Waals surface area contributed by atoms with Crippen LogP contribution in [-0.4, -0.2) is 21.7 Å². The lowest BCUT2D eigenvalue weighted by molar-refractivity contribution is 0.0816. The lowest BCUT2D eigenvalue weighted by Crippen LogP contribution is -2.51. The summed E-state index contributed by atoms with van der Waals surface area (Å²) in [6.45, 7) is 0. The molecule has 1 aliphatic carbocycles. The number of nitrogens with one attached hydrogen (secondary N) is 1. The Morgan fingerprint density at radius 3 is 2.29 bits per heavy atom. The molecule has 1 fully saturated rings. The van der Waals surface area contributed by atoms with Gasteiger partial charge >= 0.3 is 0 Å². The highest BCUT2D eigenvalue weighted by atomic mass is 35.5. The van der Waals surface area contributed by atoms with Gasteiger partial charge in [-0.25, -0.2) is 4.98 Å². The number of carbonyl (C=O) groups is 2. The summed E-state index contributed by atoms with van der Waals surface area (Å²) >= 11 is 5.80. The molecule has 0 aliphatic heterocycles. The SMILES string of the molecule is N#Cc1ccc(C(=O)Cc2ccc(C3(NC(=O)c4ccc(Cl)nc4)CCC3)nc2)cc1. The summed E-state index contributed by atoms with van der Waals surface area (Å²) in [6, 6.07) is 15.6. The van der Waals surface area contributed by atoms with Crippen molar-refractivity contribution in [1.82, 2.24) is 15.3 Å². The van der Waals surface area contributed by atoms with E-state index in [1.807, 2.05) is 18.2 Å². The predicted octanol–water partition coefficient (Wildman–Crippen LogP) is 4.24. The first-order valence-electron chi connectivity index (χ1n) is 9.92. The molecule has 3 aromatic rings. The molecule has 7 heteroatoms. The maximum atomic E-state index is 12.7. The van der Waals surface area contributed by atoms with Crippen molar-refractivity contribution in [2.75, 3.05) is 0 Å². The normalized spacial score (nSPS) is 14.2. The smallest absolute Gasteiger partial charge is 0.253 e. The number of carbonyl (C=O) groups excluding carboxylic acids is 2. The summed E-state index contributed by atoms with van der Waals surface area (Å²) in [6.07, 6.45) is 5.96. The molecule has 0 radical (unpaired) electrons. The van der Waals surface area contributed by atoms with E-state index in [0.29, 0.717) is 21.8 Å². The molecule has 1 aliphatic rings. The number of hydrogen-bond donors (Lipinski definition) is 1. The molecule has 31 heavy (non-hydrogen) atoms. The Kier molecular flexibility index (Phi) is 5.79. The number of amides is 1. The predicted molar refractivity (Wildman–Crippen MR) is 116 cm³/mol. The number of aromatic nitrogens is 2. The van der Waals surface area contributed by atoms with E-state index in [1.54, 1.807) is 42.6 Å². The topological polar surface area (TPSA) is 95.7 Å². The Hall–Kier alpha value is -3.56. The third-order valence-corrected chi connectivity index (χ3v) is 5.79. The van der Waals surface area contributed by atoms with Crippen LogP contribution in [0.4, 0.5) is 0 Å². The Labute approximate surface area is 184 Å².